The van der Waals surface area contributed by atoms with E-state index in [1.807, 2.05) is 31.2 Å². The van der Waals surface area contributed by atoms with Crippen LogP contribution in [0.15, 0.2) is 24.3 Å². The van der Waals surface area contributed by atoms with Crippen molar-refractivity contribution < 1.29 is 19.0 Å². The fraction of sp³-hybridized carbons (Fsp3) is 0.500. The molecule has 0 heterocycles. The van der Waals surface area contributed by atoms with Gasteiger partial charge in [0.1, 0.15) is 0 Å². The normalized spacial score (nSPS) is 10.3. The van der Waals surface area contributed by atoms with Gasteiger partial charge in [-0.2, -0.15) is 0 Å². The molecule has 0 fully saturated rings. The van der Waals surface area contributed by atoms with Crippen LogP contribution in [0.25, 0.3) is 0 Å². The Morgan fingerprint density at radius 2 is 1.78 bits per heavy atom. The Morgan fingerprint density at radius 1 is 1.11 bits per heavy atom. The van der Waals surface area contributed by atoms with Crippen LogP contribution in [0, 0.1) is 0 Å². The van der Waals surface area contributed by atoms with Gasteiger partial charge in [0.25, 0.3) is 0 Å². The molecule has 100 valence electrons. The molecule has 0 N–H and O–H groups in total. The topological polar surface area (TPSA) is 44.8 Å². The van der Waals surface area contributed by atoms with Crippen molar-refractivity contribution in [3.63, 3.8) is 0 Å². The Labute approximate surface area is 108 Å². The molecule has 4 heteroatoms. The first-order valence-electron chi connectivity index (χ1n) is 6.07. The lowest BCUT2D eigenvalue weighted by molar-refractivity contribution is -0.139. The van der Waals surface area contributed by atoms with Gasteiger partial charge >= 0.3 is 5.97 Å². The molecule has 0 saturated heterocycles. The Hall–Kier alpha value is -1.39. The molecule has 0 unspecified atom stereocenters. The molecule has 1 aromatic carbocycles. The van der Waals surface area contributed by atoms with E-state index < -0.39 is 0 Å². The predicted molar refractivity (Wildman–Crippen MR) is 68.3 cm³/mol. The molecule has 0 saturated carbocycles. The smallest absolute Gasteiger partial charge is 0.309 e. The van der Waals surface area contributed by atoms with Gasteiger partial charge in [-0.25, -0.2) is 0 Å². The SMILES string of the molecule is CCOCCOCc1ccccc1CC(=O)OC. The first-order valence-corrected chi connectivity index (χ1v) is 6.07. The number of esters is 1. The number of hydrogen-bond donors (Lipinski definition) is 0. The summed E-state index contributed by atoms with van der Waals surface area (Å²) in [5, 5.41) is 0. The number of methoxy groups -OCH3 is 1. The van der Waals surface area contributed by atoms with Crippen LogP contribution >= 0.6 is 0 Å². The molecule has 0 aromatic heterocycles. The zero-order valence-electron chi connectivity index (χ0n) is 11.0. The van der Waals surface area contributed by atoms with Crippen LogP contribution in [0.2, 0.25) is 0 Å². The quantitative estimate of drug-likeness (QED) is 0.524. The first kappa shape index (κ1) is 14.7. The van der Waals surface area contributed by atoms with E-state index in [1.54, 1.807) is 0 Å². The van der Waals surface area contributed by atoms with Gasteiger partial charge in [0.05, 0.1) is 33.4 Å². The summed E-state index contributed by atoms with van der Waals surface area (Å²) >= 11 is 0. The molecule has 4 nitrogen and oxygen atoms in total. The van der Waals surface area contributed by atoms with E-state index >= 15 is 0 Å². The maximum Gasteiger partial charge on any atom is 0.309 e. The van der Waals surface area contributed by atoms with Gasteiger partial charge in [0.2, 0.25) is 0 Å². The molecule has 18 heavy (non-hydrogen) atoms. The molecule has 0 aliphatic rings. The summed E-state index contributed by atoms with van der Waals surface area (Å²) in [4.78, 5) is 11.3. The van der Waals surface area contributed by atoms with Crippen molar-refractivity contribution in [3.05, 3.63) is 35.4 Å². The van der Waals surface area contributed by atoms with E-state index in [9.17, 15) is 4.79 Å². The van der Waals surface area contributed by atoms with Crippen molar-refractivity contribution in [2.45, 2.75) is 20.0 Å². The van der Waals surface area contributed by atoms with Gasteiger partial charge in [-0.05, 0) is 18.1 Å². The summed E-state index contributed by atoms with van der Waals surface area (Å²) in [6, 6.07) is 7.71. The molecule has 0 atom stereocenters. The minimum atomic E-state index is -0.239. The van der Waals surface area contributed by atoms with E-state index in [-0.39, 0.29) is 12.4 Å². The second-order valence-corrected chi connectivity index (χ2v) is 3.77. The summed E-state index contributed by atoms with van der Waals surface area (Å²) in [7, 11) is 1.39. The maximum absolute atomic E-state index is 11.3. The molecular formula is C14H20O4. The highest BCUT2D eigenvalue weighted by Gasteiger charge is 2.07. The number of rotatable bonds is 8. The van der Waals surface area contributed by atoms with Gasteiger partial charge in [-0.15, -0.1) is 0 Å². The predicted octanol–water partition coefficient (Wildman–Crippen LogP) is 1.96. The molecule has 1 aromatic rings. The Morgan fingerprint density at radius 3 is 2.44 bits per heavy atom. The van der Waals surface area contributed by atoms with Crippen LogP contribution in [-0.4, -0.2) is 32.9 Å². The summed E-state index contributed by atoms with van der Waals surface area (Å²) in [6.45, 7) is 4.28. The summed E-state index contributed by atoms with van der Waals surface area (Å²) in [6.07, 6.45) is 0.279. The van der Waals surface area contributed by atoms with Crippen molar-refractivity contribution >= 4 is 5.97 Å². The van der Waals surface area contributed by atoms with Crippen LogP contribution in [0.4, 0.5) is 0 Å². The van der Waals surface area contributed by atoms with Crippen molar-refractivity contribution in [2.75, 3.05) is 26.9 Å². The van der Waals surface area contributed by atoms with Gasteiger partial charge in [-0.1, -0.05) is 24.3 Å². The Bertz CT molecular complexity index is 363. The van der Waals surface area contributed by atoms with E-state index in [4.69, 9.17) is 9.47 Å². The molecule has 0 amide bonds. The largest absolute Gasteiger partial charge is 0.469 e. The van der Waals surface area contributed by atoms with Gasteiger partial charge in [0.15, 0.2) is 0 Å². The zero-order valence-corrected chi connectivity index (χ0v) is 11.0. The lowest BCUT2D eigenvalue weighted by Crippen LogP contribution is -2.09. The minimum absolute atomic E-state index is 0.239. The minimum Gasteiger partial charge on any atom is -0.469 e. The maximum atomic E-state index is 11.3. The average molecular weight is 252 g/mol. The third-order valence-electron chi connectivity index (χ3n) is 2.51. The highest BCUT2D eigenvalue weighted by Crippen LogP contribution is 2.11. The zero-order chi connectivity index (χ0) is 13.2. The molecule has 0 aliphatic heterocycles. The second kappa shape index (κ2) is 8.66. The van der Waals surface area contributed by atoms with Crippen LogP contribution in [-0.2, 0) is 32.0 Å². The number of benzene rings is 1. The van der Waals surface area contributed by atoms with Gasteiger partial charge in [-0.3, -0.25) is 4.79 Å². The van der Waals surface area contributed by atoms with E-state index in [2.05, 4.69) is 4.74 Å². The molecular weight excluding hydrogens is 232 g/mol. The summed E-state index contributed by atoms with van der Waals surface area (Å²) in [5.74, 6) is -0.239. The Kier molecular flexibility index (Phi) is 7.06. The molecule has 0 bridgehead atoms. The third-order valence-corrected chi connectivity index (χ3v) is 2.51. The molecule has 0 radical (unpaired) electrons. The van der Waals surface area contributed by atoms with Crippen molar-refractivity contribution in [2.24, 2.45) is 0 Å². The van der Waals surface area contributed by atoms with Gasteiger partial charge in [0, 0.05) is 6.61 Å². The third kappa shape index (κ3) is 5.29. The summed E-state index contributed by atoms with van der Waals surface area (Å²) < 4.78 is 15.4. The van der Waals surface area contributed by atoms with E-state index in [0.717, 1.165) is 11.1 Å². The second-order valence-electron chi connectivity index (χ2n) is 3.77. The van der Waals surface area contributed by atoms with Gasteiger partial charge < -0.3 is 14.2 Å². The number of hydrogen-bond acceptors (Lipinski definition) is 4. The van der Waals surface area contributed by atoms with E-state index in [1.165, 1.54) is 7.11 Å². The van der Waals surface area contributed by atoms with Crippen LogP contribution in [0.3, 0.4) is 0 Å². The van der Waals surface area contributed by atoms with Crippen LogP contribution < -0.4 is 0 Å². The standard InChI is InChI=1S/C14H20O4/c1-3-17-8-9-18-11-13-7-5-4-6-12(13)10-14(15)16-2/h4-7H,3,8-11H2,1-2H3. The highest BCUT2D eigenvalue weighted by molar-refractivity contribution is 5.72. The lowest BCUT2D eigenvalue weighted by atomic mass is 10.1. The Balaban J connectivity index is 2.46. The van der Waals surface area contributed by atoms with Crippen LogP contribution in [0.1, 0.15) is 18.1 Å². The van der Waals surface area contributed by atoms with Crippen LogP contribution in [0.5, 0.6) is 0 Å². The van der Waals surface area contributed by atoms with Crippen molar-refractivity contribution in [1.82, 2.24) is 0 Å². The summed E-state index contributed by atoms with van der Waals surface area (Å²) in [5.41, 5.74) is 1.96. The molecule has 1 rings (SSSR count). The fourth-order valence-electron chi connectivity index (χ4n) is 1.54. The lowest BCUT2D eigenvalue weighted by Gasteiger charge is -2.09. The van der Waals surface area contributed by atoms with Crippen molar-refractivity contribution in [1.29, 1.82) is 0 Å². The van der Waals surface area contributed by atoms with Crippen molar-refractivity contribution in [3.8, 4) is 0 Å². The molecule has 0 aliphatic carbocycles. The average Bonchev–Trinajstić information content (AvgIpc) is 2.40. The van der Waals surface area contributed by atoms with E-state index in [0.29, 0.717) is 26.4 Å². The number of ether oxygens (including phenoxy) is 3. The first-order chi connectivity index (χ1) is 8.77. The fourth-order valence-corrected chi connectivity index (χ4v) is 1.54. The monoisotopic (exact) mass is 252 g/mol. The number of carbonyl (C=O) groups is 1. The number of carbonyl (C=O) groups excluding carboxylic acids is 1. The molecule has 0 spiro atoms. The highest BCUT2D eigenvalue weighted by atomic mass is 16.5.